The molecule has 0 amide bonds. The largest absolute Gasteiger partial charge is 0.758 e. The van der Waals surface area contributed by atoms with Crippen LogP contribution < -0.4 is 20.4 Å². The number of ether oxygens (including phenoxy) is 2. The van der Waals surface area contributed by atoms with Gasteiger partial charge in [0, 0.05) is 12.7 Å². The highest BCUT2D eigenvalue weighted by Gasteiger charge is 2.32. The number of carbonyl (C=O) groups is 1. The van der Waals surface area contributed by atoms with E-state index in [0.717, 1.165) is 25.1 Å². The first-order valence-electron chi connectivity index (χ1n) is 10.2. The molecule has 2 aromatic heterocycles. The molecule has 13 heteroatoms. The molecule has 0 spiro atoms. The van der Waals surface area contributed by atoms with Crippen LogP contribution in [-0.2, 0) is 22.3 Å². The van der Waals surface area contributed by atoms with Crippen LogP contribution in [0, 0.1) is 5.21 Å². The number of esters is 1. The van der Waals surface area contributed by atoms with E-state index in [1.165, 1.54) is 18.0 Å². The van der Waals surface area contributed by atoms with Crippen LogP contribution >= 0.6 is 0 Å². The standard InChI is InChI=1S/C20H26F3N6O4/c1-4-6-9-33-19-26-17(24)16(28(3)31)18(27-19)29(12-15(30)32-5-2)11-13-7-8-14(25-10-13)20(21,22)23/h7-8,10H,4-6,9,11-12H2,1-3H3,(H2,24,26,27)/q-1. The van der Waals surface area contributed by atoms with E-state index in [-0.39, 0.29) is 43.0 Å². The highest BCUT2D eigenvalue weighted by atomic mass is 19.4. The zero-order valence-electron chi connectivity index (χ0n) is 18.6. The number of pyridine rings is 1. The van der Waals surface area contributed by atoms with E-state index in [1.54, 1.807) is 6.92 Å². The first kappa shape index (κ1) is 25.9. The maximum atomic E-state index is 12.8. The third-order valence-electron chi connectivity index (χ3n) is 4.33. The number of unbranched alkanes of at least 4 members (excludes halogenated alkanes) is 1. The van der Waals surface area contributed by atoms with Gasteiger partial charge in [-0.25, -0.2) is 0 Å². The van der Waals surface area contributed by atoms with Crippen LogP contribution in [0.1, 0.15) is 37.9 Å². The molecule has 2 N–H and O–H groups in total. The van der Waals surface area contributed by atoms with Crippen molar-refractivity contribution in [2.45, 2.75) is 39.4 Å². The van der Waals surface area contributed by atoms with Gasteiger partial charge in [0.2, 0.25) is 0 Å². The Kier molecular flexibility index (Phi) is 9.02. The maximum absolute atomic E-state index is 12.8. The second-order valence-corrected chi connectivity index (χ2v) is 6.97. The van der Waals surface area contributed by atoms with Gasteiger partial charge >= 0.3 is 18.2 Å². The Morgan fingerprint density at radius 3 is 2.52 bits per heavy atom. The van der Waals surface area contributed by atoms with Gasteiger partial charge in [-0.15, -0.1) is 0 Å². The summed E-state index contributed by atoms with van der Waals surface area (Å²) in [4.78, 5) is 25.3. The predicted molar refractivity (Wildman–Crippen MR) is 116 cm³/mol. The number of hydroxylamine groups is 1. The van der Waals surface area contributed by atoms with Gasteiger partial charge in [0.15, 0.2) is 11.6 Å². The molecule has 0 atom stereocenters. The number of rotatable bonds is 11. The van der Waals surface area contributed by atoms with Crippen molar-refractivity contribution in [3.63, 3.8) is 0 Å². The highest BCUT2D eigenvalue weighted by molar-refractivity contribution is 5.82. The zero-order valence-corrected chi connectivity index (χ0v) is 18.6. The van der Waals surface area contributed by atoms with Gasteiger partial charge in [-0.3, -0.25) is 9.78 Å². The third kappa shape index (κ3) is 7.34. The molecule has 10 nitrogen and oxygen atoms in total. The molecule has 182 valence electrons. The first-order valence-corrected chi connectivity index (χ1v) is 10.2. The van der Waals surface area contributed by atoms with E-state index in [4.69, 9.17) is 15.2 Å². The van der Waals surface area contributed by atoms with Gasteiger partial charge < -0.3 is 30.4 Å². The monoisotopic (exact) mass is 471 g/mol. The smallest absolute Gasteiger partial charge is 0.433 e. The third-order valence-corrected chi connectivity index (χ3v) is 4.33. The zero-order chi connectivity index (χ0) is 24.6. The quantitative estimate of drug-likeness (QED) is 0.296. The summed E-state index contributed by atoms with van der Waals surface area (Å²) >= 11 is 0. The van der Waals surface area contributed by atoms with Gasteiger partial charge in [-0.05, 0) is 32.0 Å². The molecule has 0 saturated heterocycles. The van der Waals surface area contributed by atoms with Crippen molar-refractivity contribution in [2.75, 3.05) is 42.5 Å². The number of hydrogen-bond donors (Lipinski definition) is 1. The minimum atomic E-state index is -4.59. The van der Waals surface area contributed by atoms with E-state index >= 15 is 0 Å². The highest BCUT2D eigenvalue weighted by Crippen LogP contribution is 2.34. The maximum Gasteiger partial charge on any atom is 0.433 e. The summed E-state index contributed by atoms with van der Waals surface area (Å²) in [5, 5.41) is 12.7. The fourth-order valence-electron chi connectivity index (χ4n) is 2.81. The summed E-state index contributed by atoms with van der Waals surface area (Å²) in [5.41, 5.74) is 5.12. The lowest BCUT2D eigenvalue weighted by molar-refractivity contribution is -0.142. The fraction of sp³-hybridized carbons (Fsp3) is 0.500. The molecule has 0 radical (unpaired) electrons. The normalized spacial score (nSPS) is 11.2. The molecule has 33 heavy (non-hydrogen) atoms. The van der Waals surface area contributed by atoms with E-state index in [2.05, 4.69) is 15.0 Å². The van der Waals surface area contributed by atoms with E-state index in [9.17, 15) is 23.2 Å². The number of anilines is 3. The summed E-state index contributed by atoms with van der Waals surface area (Å²) < 4.78 is 49.0. The fourth-order valence-corrected chi connectivity index (χ4v) is 2.81. The molecule has 0 bridgehead atoms. The van der Waals surface area contributed by atoms with Crippen molar-refractivity contribution in [2.24, 2.45) is 0 Å². The van der Waals surface area contributed by atoms with Gasteiger partial charge in [0.1, 0.15) is 17.9 Å². The van der Waals surface area contributed by atoms with Crippen LogP contribution in [0.15, 0.2) is 18.3 Å². The number of aromatic nitrogens is 3. The van der Waals surface area contributed by atoms with E-state index < -0.39 is 17.8 Å². The molecule has 0 aliphatic carbocycles. The Hall–Kier alpha value is -3.35. The van der Waals surface area contributed by atoms with Crippen molar-refractivity contribution >= 4 is 23.3 Å². The Morgan fingerprint density at radius 2 is 1.97 bits per heavy atom. The summed E-state index contributed by atoms with van der Waals surface area (Å²) in [6.45, 7) is 3.54. The SMILES string of the molecule is CCCCOc1nc(N)c(N(C)[O-])c(N(CC(=O)OCC)Cc2ccc(C(F)(F)F)nc2)n1. The number of hydrogen-bond acceptors (Lipinski definition) is 10. The molecule has 0 aromatic carbocycles. The Morgan fingerprint density at radius 1 is 1.24 bits per heavy atom. The summed E-state index contributed by atoms with van der Waals surface area (Å²) in [6.07, 6.45) is -1.97. The van der Waals surface area contributed by atoms with Crippen molar-refractivity contribution < 1.29 is 27.4 Å². The minimum absolute atomic E-state index is 0.0283. The Bertz CT molecular complexity index is 925. The van der Waals surface area contributed by atoms with Crippen LogP contribution in [0.5, 0.6) is 6.01 Å². The first-order chi connectivity index (χ1) is 15.6. The van der Waals surface area contributed by atoms with Crippen LogP contribution in [0.3, 0.4) is 0 Å². The molecule has 0 aliphatic rings. The van der Waals surface area contributed by atoms with Gasteiger partial charge in [-0.1, -0.05) is 19.4 Å². The molecule has 2 heterocycles. The molecular weight excluding hydrogens is 445 g/mol. The number of alkyl halides is 3. The van der Waals surface area contributed by atoms with Crippen LogP contribution in [0.2, 0.25) is 0 Å². The van der Waals surface area contributed by atoms with Crippen LogP contribution in [-0.4, -0.2) is 47.7 Å². The lowest BCUT2D eigenvalue weighted by Gasteiger charge is -2.32. The molecular formula is C20H26F3N6O4-. The second-order valence-electron chi connectivity index (χ2n) is 6.97. The topological polar surface area (TPSA) is 130 Å². The number of nitrogens with zero attached hydrogens (tertiary/aromatic N) is 5. The summed E-state index contributed by atoms with van der Waals surface area (Å²) in [6, 6.07) is 1.95. The van der Waals surface area contributed by atoms with Gasteiger partial charge in [0.25, 0.3) is 0 Å². The van der Waals surface area contributed by atoms with Crippen molar-refractivity contribution in [1.29, 1.82) is 0 Å². The van der Waals surface area contributed by atoms with E-state index in [0.29, 0.717) is 17.2 Å². The molecule has 0 saturated carbocycles. The number of nitrogens with two attached hydrogens (primary N) is 1. The van der Waals surface area contributed by atoms with Gasteiger partial charge in [-0.2, -0.15) is 23.1 Å². The lowest BCUT2D eigenvalue weighted by atomic mass is 10.2. The second kappa shape index (κ2) is 11.5. The minimum Gasteiger partial charge on any atom is -0.758 e. The average molecular weight is 471 g/mol. The average Bonchev–Trinajstić information content (AvgIpc) is 2.72. The molecule has 2 aromatic rings. The summed E-state index contributed by atoms with van der Waals surface area (Å²) in [7, 11) is 1.18. The lowest BCUT2D eigenvalue weighted by Crippen LogP contribution is -2.33. The van der Waals surface area contributed by atoms with E-state index in [1.807, 2.05) is 6.92 Å². The Labute approximate surface area is 189 Å². The molecule has 0 fully saturated rings. The van der Waals surface area contributed by atoms with Crippen molar-refractivity contribution in [3.8, 4) is 6.01 Å². The summed E-state index contributed by atoms with van der Waals surface area (Å²) in [5.74, 6) is -0.842. The predicted octanol–water partition coefficient (Wildman–Crippen LogP) is 3.16. The molecule has 2 rings (SSSR count). The number of nitrogen functional groups attached to an aromatic ring is 1. The molecule has 0 unspecified atom stereocenters. The Balaban J connectivity index is 2.47. The molecule has 0 aliphatic heterocycles. The number of carbonyl (C=O) groups excluding carboxylic acids is 1. The van der Waals surface area contributed by atoms with Crippen LogP contribution in [0.25, 0.3) is 0 Å². The van der Waals surface area contributed by atoms with Crippen molar-refractivity contribution in [3.05, 3.63) is 34.8 Å². The van der Waals surface area contributed by atoms with Crippen LogP contribution in [0.4, 0.5) is 30.5 Å². The number of halogens is 3. The van der Waals surface area contributed by atoms with Gasteiger partial charge in [0.05, 0.1) is 13.2 Å². The van der Waals surface area contributed by atoms with Crippen molar-refractivity contribution in [1.82, 2.24) is 15.0 Å².